The fourth-order valence-electron chi connectivity index (χ4n) is 2.35. The maximum absolute atomic E-state index is 12.4. The van der Waals surface area contributed by atoms with E-state index in [2.05, 4.69) is 26.3 Å². The van der Waals surface area contributed by atoms with E-state index >= 15 is 0 Å². The third-order valence-corrected chi connectivity index (χ3v) is 4.15. The Morgan fingerprint density at radius 1 is 1.13 bits per heavy atom. The van der Waals surface area contributed by atoms with E-state index in [1.165, 1.54) is 0 Å². The van der Waals surface area contributed by atoms with Crippen molar-refractivity contribution >= 4 is 21.8 Å². The van der Waals surface area contributed by atoms with Crippen molar-refractivity contribution in [3.63, 3.8) is 0 Å². The Labute approximate surface area is 143 Å². The second kappa shape index (κ2) is 6.79. The van der Waals surface area contributed by atoms with Crippen molar-refractivity contribution in [2.45, 2.75) is 13.5 Å². The monoisotopic (exact) mass is 369 g/mol. The number of aromatic nitrogens is 2. The van der Waals surface area contributed by atoms with Crippen molar-refractivity contribution in [1.82, 2.24) is 15.1 Å². The van der Waals surface area contributed by atoms with Crippen LogP contribution in [0.4, 0.5) is 0 Å². The van der Waals surface area contributed by atoms with Crippen LogP contribution in [0.2, 0.25) is 0 Å². The maximum atomic E-state index is 12.4. The summed E-state index contributed by atoms with van der Waals surface area (Å²) < 4.78 is 2.77. The SMILES string of the molecule is Cc1c(C(=O)NCc2ccccc2)cnn1-c1ccc(Br)cc1. The minimum absolute atomic E-state index is 0.116. The summed E-state index contributed by atoms with van der Waals surface area (Å²) in [5, 5.41) is 7.26. The fraction of sp³-hybridized carbons (Fsp3) is 0.111. The Kier molecular flexibility index (Phi) is 4.57. The van der Waals surface area contributed by atoms with Crippen LogP contribution in [-0.2, 0) is 6.54 Å². The summed E-state index contributed by atoms with van der Waals surface area (Å²) in [5.41, 5.74) is 3.40. The van der Waals surface area contributed by atoms with Crippen LogP contribution in [0, 0.1) is 6.92 Å². The van der Waals surface area contributed by atoms with Crippen molar-refractivity contribution in [3.05, 3.63) is 82.1 Å². The highest BCUT2D eigenvalue weighted by Crippen LogP contribution is 2.17. The van der Waals surface area contributed by atoms with Gasteiger partial charge in [-0.3, -0.25) is 4.79 Å². The summed E-state index contributed by atoms with van der Waals surface area (Å²) in [5.74, 6) is -0.116. The molecule has 5 heteroatoms. The molecular formula is C18H16BrN3O. The van der Waals surface area contributed by atoms with E-state index in [0.717, 1.165) is 21.4 Å². The summed E-state index contributed by atoms with van der Waals surface area (Å²) in [6.07, 6.45) is 1.61. The summed E-state index contributed by atoms with van der Waals surface area (Å²) in [4.78, 5) is 12.4. The molecule has 0 radical (unpaired) electrons. The molecule has 0 unspecified atom stereocenters. The molecule has 0 fully saturated rings. The number of nitrogens with zero attached hydrogens (tertiary/aromatic N) is 2. The molecule has 116 valence electrons. The fourth-order valence-corrected chi connectivity index (χ4v) is 2.61. The van der Waals surface area contributed by atoms with E-state index in [1.54, 1.807) is 10.9 Å². The predicted octanol–water partition coefficient (Wildman–Crippen LogP) is 3.87. The zero-order chi connectivity index (χ0) is 16.2. The van der Waals surface area contributed by atoms with Gasteiger partial charge in [0.1, 0.15) is 0 Å². The van der Waals surface area contributed by atoms with E-state index < -0.39 is 0 Å². The van der Waals surface area contributed by atoms with Crippen LogP contribution in [-0.4, -0.2) is 15.7 Å². The van der Waals surface area contributed by atoms with Crippen molar-refractivity contribution < 1.29 is 4.79 Å². The van der Waals surface area contributed by atoms with Crippen molar-refractivity contribution in [3.8, 4) is 5.69 Å². The quantitative estimate of drug-likeness (QED) is 0.758. The lowest BCUT2D eigenvalue weighted by atomic mass is 10.2. The predicted molar refractivity (Wildman–Crippen MR) is 93.6 cm³/mol. The van der Waals surface area contributed by atoms with Gasteiger partial charge in [0.05, 0.1) is 23.1 Å². The van der Waals surface area contributed by atoms with Crippen molar-refractivity contribution in [2.24, 2.45) is 0 Å². The van der Waals surface area contributed by atoms with Crippen LogP contribution in [0.15, 0.2) is 65.3 Å². The van der Waals surface area contributed by atoms with Gasteiger partial charge in [0.2, 0.25) is 0 Å². The Morgan fingerprint density at radius 3 is 2.52 bits per heavy atom. The molecule has 0 aliphatic rings. The van der Waals surface area contributed by atoms with E-state index in [4.69, 9.17) is 0 Å². The van der Waals surface area contributed by atoms with Gasteiger partial charge in [0.25, 0.3) is 5.91 Å². The average molecular weight is 370 g/mol. The number of hydrogen-bond donors (Lipinski definition) is 1. The highest BCUT2D eigenvalue weighted by Gasteiger charge is 2.14. The zero-order valence-electron chi connectivity index (χ0n) is 12.7. The van der Waals surface area contributed by atoms with E-state index in [-0.39, 0.29) is 5.91 Å². The van der Waals surface area contributed by atoms with Gasteiger partial charge in [-0.2, -0.15) is 5.10 Å². The number of carbonyl (C=O) groups excluding carboxylic acids is 1. The van der Waals surface area contributed by atoms with E-state index in [9.17, 15) is 4.79 Å². The van der Waals surface area contributed by atoms with Crippen molar-refractivity contribution in [1.29, 1.82) is 0 Å². The number of halogens is 1. The molecule has 0 bridgehead atoms. The third kappa shape index (κ3) is 3.51. The van der Waals surface area contributed by atoms with Crippen LogP contribution < -0.4 is 5.32 Å². The number of nitrogens with one attached hydrogen (secondary N) is 1. The smallest absolute Gasteiger partial charge is 0.255 e. The first-order valence-electron chi connectivity index (χ1n) is 7.28. The first-order chi connectivity index (χ1) is 11.1. The minimum Gasteiger partial charge on any atom is -0.348 e. The first-order valence-corrected chi connectivity index (χ1v) is 8.07. The van der Waals surface area contributed by atoms with E-state index in [1.807, 2.05) is 61.5 Å². The molecule has 0 aliphatic carbocycles. The lowest BCUT2D eigenvalue weighted by Crippen LogP contribution is -2.23. The number of hydrogen-bond acceptors (Lipinski definition) is 2. The van der Waals surface area contributed by atoms with Gasteiger partial charge >= 0.3 is 0 Å². The molecule has 1 aromatic heterocycles. The first kappa shape index (κ1) is 15.5. The van der Waals surface area contributed by atoms with Crippen molar-refractivity contribution in [2.75, 3.05) is 0 Å². The molecule has 23 heavy (non-hydrogen) atoms. The average Bonchev–Trinajstić information content (AvgIpc) is 2.96. The molecule has 1 N–H and O–H groups in total. The minimum atomic E-state index is -0.116. The molecule has 1 amide bonds. The summed E-state index contributed by atoms with van der Waals surface area (Å²) >= 11 is 3.41. The molecule has 0 aliphatic heterocycles. The van der Waals surface area contributed by atoms with Crippen LogP contribution >= 0.6 is 15.9 Å². The molecule has 0 saturated heterocycles. The van der Waals surface area contributed by atoms with Gasteiger partial charge in [0, 0.05) is 11.0 Å². The molecule has 3 aromatic rings. The number of amides is 1. The molecule has 0 spiro atoms. The molecule has 0 atom stereocenters. The van der Waals surface area contributed by atoms with Crippen LogP contribution in [0.25, 0.3) is 5.69 Å². The Bertz CT molecular complexity index is 810. The molecule has 3 rings (SSSR count). The maximum Gasteiger partial charge on any atom is 0.255 e. The van der Waals surface area contributed by atoms with Crippen LogP contribution in [0.5, 0.6) is 0 Å². The van der Waals surface area contributed by atoms with Gasteiger partial charge in [-0.1, -0.05) is 46.3 Å². The lowest BCUT2D eigenvalue weighted by molar-refractivity contribution is 0.0950. The molecule has 2 aromatic carbocycles. The molecule has 0 saturated carbocycles. The number of carbonyl (C=O) groups is 1. The number of rotatable bonds is 4. The lowest BCUT2D eigenvalue weighted by Gasteiger charge is -2.07. The zero-order valence-corrected chi connectivity index (χ0v) is 14.2. The highest BCUT2D eigenvalue weighted by atomic mass is 79.9. The standard InChI is InChI=1S/C18H16BrN3O/c1-13-17(18(23)20-11-14-5-3-2-4-6-14)12-21-22(13)16-9-7-15(19)8-10-16/h2-10,12H,11H2,1H3,(H,20,23). The molecule has 4 nitrogen and oxygen atoms in total. The summed E-state index contributed by atoms with van der Waals surface area (Å²) in [7, 11) is 0. The van der Waals surface area contributed by atoms with Gasteiger partial charge < -0.3 is 5.32 Å². The normalized spacial score (nSPS) is 10.5. The molecular weight excluding hydrogens is 354 g/mol. The summed E-state index contributed by atoms with van der Waals surface area (Å²) in [6.45, 7) is 2.40. The summed E-state index contributed by atoms with van der Waals surface area (Å²) in [6, 6.07) is 17.6. The van der Waals surface area contributed by atoms with Crippen LogP contribution in [0.1, 0.15) is 21.6 Å². The van der Waals surface area contributed by atoms with Gasteiger partial charge in [-0.15, -0.1) is 0 Å². The van der Waals surface area contributed by atoms with Gasteiger partial charge in [-0.05, 0) is 36.8 Å². The van der Waals surface area contributed by atoms with Gasteiger partial charge in [-0.25, -0.2) is 4.68 Å². The van der Waals surface area contributed by atoms with E-state index in [0.29, 0.717) is 12.1 Å². The second-order valence-corrected chi connectivity index (χ2v) is 6.12. The van der Waals surface area contributed by atoms with Crippen LogP contribution in [0.3, 0.4) is 0 Å². The Morgan fingerprint density at radius 2 is 1.83 bits per heavy atom. The largest absolute Gasteiger partial charge is 0.348 e. The Hall–Kier alpha value is -2.40. The van der Waals surface area contributed by atoms with Gasteiger partial charge in [0.15, 0.2) is 0 Å². The third-order valence-electron chi connectivity index (χ3n) is 3.62. The Balaban J connectivity index is 1.76. The number of benzene rings is 2. The molecule has 1 heterocycles. The topological polar surface area (TPSA) is 46.9 Å². The second-order valence-electron chi connectivity index (χ2n) is 5.20. The highest BCUT2D eigenvalue weighted by molar-refractivity contribution is 9.10.